The number of rotatable bonds is 5. The summed E-state index contributed by atoms with van der Waals surface area (Å²) in [5.41, 5.74) is 1.57. The number of nitrogens with zero attached hydrogens (tertiary/aromatic N) is 1. The Morgan fingerprint density at radius 3 is 2.49 bits per heavy atom. The number of hydrogen-bond acceptors (Lipinski definition) is 6. The normalized spacial score (nSPS) is 15.8. The fourth-order valence-electron chi connectivity index (χ4n) is 4.41. The summed E-state index contributed by atoms with van der Waals surface area (Å²) in [4.78, 5) is 40.4. The van der Waals surface area contributed by atoms with Gasteiger partial charge in [0.2, 0.25) is 5.76 Å². The van der Waals surface area contributed by atoms with Crippen LogP contribution < -0.4 is 5.43 Å². The van der Waals surface area contributed by atoms with Crippen LogP contribution >= 0.6 is 11.6 Å². The molecule has 0 radical (unpaired) electrons. The van der Waals surface area contributed by atoms with E-state index in [9.17, 15) is 19.5 Å². The van der Waals surface area contributed by atoms with Crippen LogP contribution in [0.5, 0.6) is 0 Å². The van der Waals surface area contributed by atoms with E-state index < -0.39 is 24.0 Å². The van der Waals surface area contributed by atoms with Crippen LogP contribution in [-0.2, 0) is 4.74 Å². The van der Waals surface area contributed by atoms with Gasteiger partial charge in [-0.25, -0.2) is 4.79 Å². The molecule has 2 heterocycles. The van der Waals surface area contributed by atoms with Gasteiger partial charge in [-0.05, 0) is 41.5 Å². The van der Waals surface area contributed by atoms with Crippen molar-refractivity contribution in [2.45, 2.75) is 12.1 Å². The van der Waals surface area contributed by atoms with Gasteiger partial charge in [0.05, 0.1) is 42.3 Å². The molecule has 35 heavy (non-hydrogen) atoms. The van der Waals surface area contributed by atoms with Crippen LogP contribution in [0.2, 0.25) is 5.02 Å². The summed E-state index contributed by atoms with van der Waals surface area (Å²) in [6, 6.07) is 19.2. The van der Waals surface area contributed by atoms with E-state index in [2.05, 4.69) is 0 Å². The van der Waals surface area contributed by atoms with E-state index in [1.165, 1.54) is 18.1 Å². The van der Waals surface area contributed by atoms with Gasteiger partial charge in [-0.1, -0.05) is 54.1 Å². The highest BCUT2D eigenvalue weighted by molar-refractivity contribution is 6.31. The van der Waals surface area contributed by atoms with Crippen molar-refractivity contribution < 1.29 is 23.8 Å². The minimum Gasteiger partial charge on any atom is -0.465 e. The molecule has 1 aliphatic heterocycles. The Labute approximate surface area is 205 Å². The first kappa shape index (κ1) is 22.8. The maximum absolute atomic E-state index is 13.6. The van der Waals surface area contributed by atoms with Gasteiger partial charge in [0.15, 0.2) is 5.43 Å². The molecule has 1 N–H and O–H groups in total. The molecule has 0 fully saturated rings. The molecule has 176 valence electrons. The van der Waals surface area contributed by atoms with Crippen molar-refractivity contribution in [2.75, 3.05) is 13.7 Å². The van der Waals surface area contributed by atoms with E-state index in [1.807, 2.05) is 6.07 Å². The molecule has 0 spiro atoms. The lowest BCUT2D eigenvalue weighted by Crippen LogP contribution is -2.33. The van der Waals surface area contributed by atoms with Gasteiger partial charge >= 0.3 is 5.97 Å². The monoisotopic (exact) mass is 489 g/mol. The van der Waals surface area contributed by atoms with Crippen molar-refractivity contribution in [3.05, 3.63) is 116 Å². The first-order valence-electron chi connectivity index (χ1n) is 10.9. The highest BCUT2D eigenvalue weighted by Crippen LogP contribution is 2.39. The Hall–Kier alpha value is -3.94. The van der Waals surface area contributed by atoms with Gasteiger partial charge in [0.1, 0.15) is 5.58 Å². The van der Waals surface area contributed by atoms with Gasteiger partial charge in [-0.3, -0.25) is 9.59 Å². The number of aliphatic hydroxyl groups excluding tert-OH is 1. The zero-order valence-electron chi connectivity index (χ0n) is 18.6. The number of amides is 1. The zero-order valence-corrected chi connectivity index (χ0v) is 19.4. The minimum absolute atomic E-state index is 0.0764. The predicted molar refractivity (Wildman–Crippen MR) is 130 cm³/mol. The van der Waals surface area contributed by atoms with Crippen LogP contribution in [0, 0.1) is 0 Å². The molecule has 4 aromatic rings. The fourth-order valence-corrected chi connectivity index (χ4v) is 4.59. The molecule has 2 atom stereocenters. The molecule has 5 rings (SSSR count). The minimum atomic E-state index is -0.995. The zero-order chi connectivity index (χ0) is 24.7. The summed E-state index contributed by atoms with van der Waals surface area (Å²) < 4.78 is 10.7. The quantitative estimate of drug-likeness (QED) is 0.414. The smallest absolute Gasteiger partial charge is 0.337 e. The van der Waals surface area contributed by atoms with Crippen LogP contribution in [0.3, 0.4) is 0 Å². The van der Waals surface area contributed by atoms with Crippen LogP contribution in [0.1, 0.15) is 49.7 Å². The third kappa shape index (κ3) is 3.99. The molecular formula is C27H20ClNO6. The summed E-state index contributed by atoms with van der Waals surface area (Å²) >= 11 is 6.12. The van der Waals surface area contributed by atoms with Crippen molar-refractivity contribution in [3.63, 3.8) is 0 Å². The maximum atomic E-state index is 13.6. The van der Waals surface area contributed by atoms with E-state index >= 15 is 0 Å². The second kappa shape index (κ2) is 9.02. The number of halogens is 1. The molecule has 7 nitrogen and oxygen atoms in total. The molecule has 1 amide bonds. The maximum Gasteiger partial charge on any atom is 0.337 e. The van der Waals surface area contributed by atoms with Crippen LogP contribution in [0.4, 0.5) is 0 Å². The van der Waals surface area contributed by atoms with Gasteiger partial charge in [-0.15, -0.1) is 0 Å². The van der Waals surface area contributed by atoms with Gasteiger partial charge < -0.3 is 19.2 Å². The lowest BCUT2D eigenvalue weighted by atomic mass is 9.97. The fraction of sp³-hybridized carbons (Fsp3) is 0.148. The van der Waals surface area contributed by atoms with E-state index in [1.54, 1.807) is 60.7 Å². The molecule has 1 aromatic heterocycles. The molecule has 1 aliphatic rings. The number of methoxy groups -OCH3 is 1. The van der Waals surface area contributed by atoms with Gasteiger partial charge in [0, 0.05) is 5.02 Å². The number of esters is 1. The molecule has 0 unspecified atom stereocenters. The van der Waals surface area contributed by atoms with Crippen LogP contribution in [-0.4, -0.2) is 35.5 Å². The van der Waals surface area contributed by atoms with Crippen molar-refractivity contribution in [2.24, 2.45) is 0 Å². The van der Waals surface area contributed by atoms with E-state index in [-0.39, 0.29) is 34.3 Å². The molecule has 0 bridgehead atoms. The summed E-state index contributed by atoms with van der Waals surface area (Å²) in [5.74, 6) is -1.09. The summed E-state index contributed by atoms with van der Waals surface area (Å²) in [5, 5.41) is 11.5. The van der Waals surface area contributed by atoms with E-state index in [4.69, 9.17) is 20.8 Å². The number of fused-ring (bicyclic) bond motifs is 2. The molecule has 0 saturated carbocycles. The van der Waals surface area contributed by atoms with Crippen LogP contribution in [0.15, 0.2) is 82.0 Å². The number of hydrogen-bond donors (Lipinski definition) is 1. The Kier molecular flexibility index (Phi) is 5.88. The molecular weight excluding hydrogens is 470 g/mol. The lowest BCUT2D eigenvalue weighted by molar-refractivity contribution is 0.0579. The highest BCUT2D eigenvalue weighted by atomic mass is 35.5. The largest absolute Gasteiger partial charge is 0.465 e. The third-order valence-corrected chi connectivity index (χ3v) is 6.36. The summed E-state index contributed by atoms with van der Waals surface area (Å²) in [7, 11) is 1.29. The number of β-amino-alcohol motifs (C(OH)–C–C–N with tert-alkyl or cyclic N) is 1. The van der Waals surface area contributed by atoms with Gasteiger partial charge in [0.25, 0.3) is 5.91 Å². The summed E-state index contributed by atoms with van der Waals surface area (Å²) in [6.07, 6.45) is -0.995. The molecule has 0 saturated heterocycles. The second-order valence-corrected chi connectivity index (χ2v) is 8.65. The average Bonchev–Trinajstić information content (AvgIpc) is 3.16. The predicted octanol–water partition coefficient (Wildman–Crippen LogP) is 4.51. The number of ether oxygens (including phenoxy) is 1. The Morgan fingerprint density at radius 1 is 1.09 bits per heavy atom. The standard InChI is InChI=1S/C27H20ClNO6/c1-34-27(33)17-9-7-16(8-10-17)23-22-24(31)19-13-18(28)11-12-21(19)35-25(22)26(32)29(23)14-20(30)15-5-3-2-4-6-15/h2-13,20,23,30H,14H2,1H3/t20-,23-/m1/s1. The lowest BCUT2D eigenvalue weighted by Gasteiger charge is -2.27. The van der Waals surface area contributed by atoms with E-state index in [0.717, 1.165) is 0 Å². The number of carbonyl (C=O) groups is 2. The molecule has 8 heteroatoms. The Balaban J connectivity index is 1.66. The van der Waals surface area contributed by atoms with Crippen molar-refractivity contribution >= 4 is 34.4 Å². The summed E-state index contributed by atoms with van der Waals surface area (Å²) in [6.45, 7) is -0.0764. The molecule has 0 aliphatic carbocycles. The van der Waals surface area contributed by atoms with Crippen molar-refractivity contribution in [1.29, 1.82) is 0 Å². The van der Waals surface area contributed by atoms with Crippen molar-refractivity contribution in [3.8, 4) is 0 Å². The number of benzene rings is 3. The third-order valence-electron chi connectivity index (χ3n) is 6.13. The SMILES string of the molecule is COC(=O)c1ccc([C@@H]2c3c(oc4ccc(Cl)cc4c3=O)C(=O)N2C[C@@H](O)c2ccccc2)cc1. The number of carbonyl (C=O) groups excluding carboxylic acids is 2. The van der Waals surface area contributed by atoms with Crippen LogP contribution in [0.25, 0.3) is 11.0 Å². The average molecular weight is 490 g/mol. The van der Waals surface area contributed by atoms with Crippen molar-refractivity contribution in [1.82, 2.24) is 4.90 Å². The second-order valence-electron chi connectivity index (χ2n) is 8.21. The van der Waals surface area contributed by atoms with Gasteiger partial charge in [-0.2, -0.15) is 0 Å². The first-order valence-corrected chi connectivity index (χ1v) is 11.3. The Bertz CT molecular complexity index is 1500. The van der Waals surface area contributed by atoms with E-state index in [0.29, 0.717) is 21.7 Å². The number of aliphatic hydroxyl groups is 1. The first-order chi connectivity index (χ1) is 16.9. The topological polar surface area (TPSA) is 97.0 Å². The Morgan fingerprint density at radius 2 is 1.80 bits per heavy atom. The highest BCUT2D eigenvalue weighted by Gasteiger charge is 2.43. The molecule has 3 aromatic carbocycles.